The molecule has 13 heteroatoms. The number of carbonyl (C=O) groups excluding carboxylic acids is 2. The number of hydrogen-bond donors (Lipinski definition) is 2. The molecule has 0 unspecified atom stereocenters. The summed E-state index contributed by atoms with van der Waals surface area (Å²) in [5, 5.41) is 3.17. The van der Waals surface area contributed by atoms with Crippen LogP contribution in [-0.2, 0) is 17.5 Å². The summed E-state index contributed by atoms with van der Waals surface area (Å²) in [5.74, 6) is -1.57. The van der Waals surface area contributed by atoms with Gasteiger partial charge >= 0.3 is 6.18 Å². The van der Waals surface area contributed by atoms with Crippen LogP contribution in [0.15, 0.2) is 59.1 Å². The van der Waals surface area contributed by atoms with Gasteiger partial charge in [0.25, 0.3) is 11.8 Å². The second-order valence-electron chi connectivity index (χ2n) is 7.81. The number of benzene rings is 1. The van der Waals surface area contributed by atoms with Crippen molar-refractivity contribution in [1.29, 1.82) is 0 Å². The van der Waals surface area contributed by atoms with Crippen LogP contribution in [0.4, 0.5) is 18.9 Å². The smallest absolute Gasteiger partial charge is 0.365 e. The number of thioether (sulfide) groups is 1. The number of aromatic nitrogens is 4. The predicted octanol–water partition coefficient (Wildman–Crippen LogP) is 3.62. The fourth-order valence-corrected chi connectivity index (χ4v) is 4.71. The van der Waals surface area contributed by atoms with E-state index in [9.17, 15) is 22.8 Å². The lowest BCUT2D eigenvalue weighted by Gasteiger charge is -2.21. The average Bonchev–Trinajstić information content (AvgIpc) is 3.50. The van der Waals surface area contributed by atoms with Gasteiger partial charge in [-0.1, -0.05) is 11.8 Å². The average molecular weight is 518 g/mol. The molecular formula is C23H22F3N7O2S. The number of anilines is 1. The van der Waals surface area contributed by atoms with Crippen molar-refractivity contribution in [1.82, 2.24) is 24.4 Å². The number of halogens is 3. The largest absolute Gasteiger partial charge is 0.433 e. The van der Waals surface area contributed by atoms with Gasteiger partial charge in [-0.25, -0.2) is 15.0 Å². The minimum Gasteiger partial charge on any atom is -0.365 e. The van der Waals surface area contributed by atoms with E-state index >= 15 is 0 Å². The summed E-state index contributed by atoms with van der Waals surface area (Å²) in [6.07, 6.45) is 2.25. The number of imidazole rings is 1. The van der Waals surface area contributed by atoms with Crippen molar-refractivity contribution in [2.45, 2.75) is 31.0 Å². The number of amides is 2. The van der Waals surface area contributed by atoms with E-state index in [4.69, 9.17) is 5.73 Å². The molecule has 0 saturated carbocycles. The molecule has 3 aromatic rings. The highest BCUT2D eigenvalue weighted by Gasteiger charge is 2.34. The van der Waals surface area contributed by atoms with E-state index in [-0.39, 0.29) is 16.5 Å². The third kappa shape index (κ3) is 5.51. The molecule has 0 radical (unpaired) electrons. The highest BCUT2D eigenvalue weighted by molar-refractivity contribution is 8.04. The van der Waals surface area contributed by atoms with Crippen molar-refractivity contribution in [2.75, 3.05) is 18.4 Å². The van der Waals surface area contributed by atoms with E-state index in [1.807, 2.05) is 17.7 Å². The van der Waals surface area contributed by atoms with Crippen LogP contribution in [0, 0.1) is 0 Å². The van der Waals surface area contributed by atoms with Gasteiger partial charge in [-0.15, -0.1) is 0 Å². The maximum Gasteiger partial charge on any atom is 0.433 e. The Balaban J connectivity index is 1.54. The summed E-state index contributed by atoms with van der Waals surface area (Å²) in [5.41, 5.74) is 5.05. The van der Waals surface area contributed by atoms with Gasteiger partial charge in [0, 0.05) is 48.7 Å². The Kier molecular flexibility index (Phi) is 7.29. The first kappa shape index (κ1) is 25.2. The van der Waals surface area contributed by atoms with Crippen LogP contribution < -0.4 is 11.1 Å². The summed E-state index contributed by atoms with van der Waals surface area (Å²) < 4.78 is 41.3. The molecule has 36 heavy (non-hydrogen) atoms. The van der Waals surface area contributed by atoms with E-state index < -0.39 is 23.6 Å². The Labute approximate surface area is 208 Å². The zero-order valence-corrected chi connectivity index (χ0v) is 19.9. The molecule has 0 saturated heterocycles. The lowest BCUT2D eigenvalue weighted by Crippen LogP contribution is -2.32. The first-order valence-corrected chi connectivity index (χ1v) is 11.8. The second-order valence-corrected chi connectivity index (χ2v) is 8.86. The fourth-order valence-electron chi connectivity index (χ4n) is 3.62. The van der Waals surface area contributed by atoms with Gasteiger partial charge in [0.15, 0.2) is 5.82 Å². The van der Waals surface area contributed by atoms with E-state index in [1.165, 1.54) is 0 Å². The maximum atomic E-state index is 13.1. The van der Waals surface area contributed by atoms with Crippen LogP contribution in [0.25, 0.3) is 5.57 Å². The number of primary amides is 1. The van der Waals surface area contributed by atoms with E-state index in [1.54, 1.807) is 35.6 Å². The number of nitrogens with one attached hydrogen (secondary N) is 1. The van der Waals surface area contributed by atoms with Crippen molar-refractivity contribution in [3.63, 3.8) is 0 Å². The summed E-state index contributed by atoms with van der Waals surface area (Å²) in [4.78, 5) is 38.9. The van der Waals surface area contributed by atoms with Crippen LogP contribution in [0.1, 0.15) is 35.2 Å². The maximum absolute atomic E-state index is 13.1. The SMILES string of the molecule is CCN(CCCn1ccnc1)C(=O)c1ccc2c(c1)S/C(=C(/C(N)=O)c1nccc(C(F)(F)F)n1)N2. The monoisotopic (exact) mass is 517 g/mol. The third-order valence-corrected chi connectivity index (χ3v) is 6.47. The molecule has 9 nitrogen and oxygen atoms in total. The van der Waals surface area contributed by atoms with Crippen molar-refractivity contribution in [3.8, 4) is 0 Å². The van der Waals surface area contributed by atoms with Gasteiger partial charge in [-0.3, -0.25) is 9.59 Å². The van der Waals surface area contributed by atoms with Crippen LogP contribution >= 0.6 is 11.8 Å². The van der Waals surface area contributed by atoms with Gasteiger partial charge in [0.2, 0.25) is 0 Å². The molecule has 1 aliphatic rings. The van der Waals surface area contributed by atoms with Crippen molar-refractivity contribution >= 4 is 34.8 Å². The molecule has 0 spiro atoms. The summed E-state index contributed by atoms with van der Waals surface area (Å²) in [6, 6.07) is 5.71. The number of nitrogens with zero attached hydrogens (tertiary/aromatic N) is 5. The van der Waals surface area contributed by atoms with Crippen molar-refractivity contribution in [3.05, 3.63) is 71.3 Å². The fraction of sp³-hybridized carbons (Fsp3) is 0.261. The Morgan fingerprint density at radius 3 is 2.69 bits per heavy atom. The lowest BCUT2D eigenvalue weighted by molar-refractivity contribution is -0.141. The summed E-state index contributed by atoms with van der Waals surface area (Å²) in [7, 11) is 0. The molecular weight excluding hydrogens is 495 g/mol. The van der Waals surface area contributed by atoms with Crippen molar-refractivity contribution < 1.29 is 22.8 Å². The molecule has 2 aromatic heterocycles. The molecule has 1 aromatic carbocycles. The normalized spacial score (nSPS) is 14.2. The number of alkyl halides is 3. The molecule has 0 fully saturated rings. The topological polar surface area (TPSA) is 119 Å². The second kappa shape index (κ2) is 10.4. The minimum atomic E-state index is -4.70. The first-order chi connectivity index (χ1) is 17.2. The molecule has 3 heterocycles. The third-order valence-electron chi connectivity index (χ3n) is 5.40. The number of aryl methyl sites for hydroxylation is 1. The molecule has 188 valence electrons. The number of rotatable bonds is 8. The van der Waals surface area contributed by atoms with E-state index in [0.717, 1.165) is 30.9 Å². The molecule has 0 bridgehead atoms. The molecule has 0 atom stereocenters. The summed E-state index contributed by atoms with van der Waals surface area (Å²) >= 11 is 1.07. The van der Waals surface area contributed by atoms with Gasteiger partial charge < -0.3 is 20.5 Å². The number of fused-ring (bicyclic) bond motifs is 1. The van der Waals surface area contributed by atoms with Crippen LogP contribution in [0.5, 0.6) is 0 Å². The summed E-state index contributed by atoms with van der Waals surface area (Å²) in [6.45, 7) is 3.71. The van der Waals surface area contributed by atoms with Gasteiger partial charge in [-0.2, -0.15) is 13.2 Å². The van der Waals surface area contributed by atoms with Crippen molar-refractivity contribution in [2.24, 2.45) is 5.73 Å². The molecule has 1 aliphatic heterocycles. The number of nitrogens with two attached hydrogens (primary N) is 1. The van der Waals surface area contributed by atoms with Gasteiger partial charge in [-0.05, 0) is 37.6 Å². The zero-order valence-electron chi connectivity index (χ0n) is 19.1. The Morgan fingerprint density at radius 1 is 1.22 bits per heavy atom. The van der Waals surface area contributed by atoms with Crippen LogP contribution in [-0.4, -0.2) is 49.3 Å². The van der Waals surface area contributed by atoms with Crippen LogP contribution in [0.2, 0.25) is 0 Å². The minimum absolute atomic E-state index is 0.153. The van der Waals surface area contributed by atoms with E-state index in [2.05, 4.69) is 20.3 Å². The first-order valence-electron chi connectivity index (χ1n) is 11.0. The molecule has 4 rings (SSSR count). The zero-order chi connectivity index (χ0) is 25.9. The predicted molar refractivity (Wildman–Crippen MR) is 127 cm³/mol. The Bertz CT molecular complexity index is 1310. The Morgan fingerprint density at radius 2 is 2.03 bits per heavy atom. The lowest BCUT2D eigenvalue weighted by atomic mass is 10.1. The molecule has 3 N–H and O–H groups in total. The van der Waals surface area contributed by atoms with E-state index in [0.29, 0.717) is 35.3 Å². The van der Waals surface area contributed by atoms with Gasteiger partial charge in [0.1, 0.15) is 11.3 Å². The standard InChI is InChI=1S/C23H22F3N7O2S/c1-2-33(10-3-9-32-11-8-28-13-32)22(35)14-4-5-15-16(12-14)36-21(30-15)18(19(27)34)20-29-7-6-17(31-20)23(24,25)26/h4-8,11-13,30H,2-3,9-10H2,1H3,(H2,27,34)/b21-18-. The Hall–Kier alpha value is -3.87. The highest BCUT2D eigenvalue weighted by atomic mass is 32.2. The van der Waals surface area contributed by atoms with Gasteiger partial charge in [0.05, 0.1) is 17.0 Å². The highest BCUT2D eigenvalue weighted by Crippen LogP contribution is 2.44. The number of hydrogen-bond acceptors (Lipinski definition) is 7. The number of carbonyl (C=O) groups is 2. The molecule has 2 amide bonds. The molecule has 0 aliphatic carbocycles. The quantitative estimate of drug-likeness (QED) is 0.438. The van der Waals surface area contributed by atoms with Crippen LogP contribution in [0.3, 0.4) is 0 Å².